The van der Waals surface area contributed by atoms with Gasteiger partial charge < -0.3 is 0 Å². The molecule has 124 valence electrons. The Kier molecular flexibility index (Phi) is 2.96. The molecule has 0 amide bonds. The molecule has 2 bridgehead atoms. The van der Waals surface area contributed by atoms with Gasteiger partial charge in [0, 0.05) is 9.75 Å². The number of ketones is 1. The third-order valence-corrected chi connectivity index (χ3v) is 7.44. The summed E-state index contributed by atoms with van der Waals surface area (Å²) in [6.07, 6.45) is 0. The second kappa shape index (κ2) is 5.26. The van der Waals surface area contributed by atoms with Crippen molar-refractivity contribution in [2.24, 2.45) is 0 Å². The predicted octanol–water partition coefficient (Wildman–Crippen LogP) is 6.30. The van der Waals surface area contributed by atoms with Crippen molar-refractivity contribution in [3.8, 4) is 20.9 Å². The second-order valence-electron chi connectivity index (χ2n) is 6.91. The first-order valence-electron chi connectivity index (χ1n) is 8.70. The molecule has 0 unspecified atom stereocenters. The van der Waals surface area contributed by atoms with Crippen molar-refractivity contribution in [1.82, 2.24) is 0 Å². The molecule has 0 radical (unpaired) electrons. The minimum atomic E-state index is -0.0812. The molecule has 3 heteroatoms. The van der Waals surface area contributed by atoms with Crippen molar-refractivity contribution in [1.29, 1.82) is 0 Å². The number of thiophene rings is 2. The largest absolute Gasteiger partial charge is 0.298 e. The Hall–Kier alpha value is -2.49. The molecule has 2 aliphatic rings. The van der Waals surface area contributed by atoms with Crippen LogP contribution in [0, 0.1) is 0 Å². The van der Waals surface area contributed by atoms with Crippen LogP contribution in [0.25, 0.3) is 20.9 Å². The van der Waals surface area contributed by atoms with Gasteiger partial charge in [-0.2, -0.15) is 0 Å². The van der Waals surface area contributed by atoms with E-state index in [0.29, 0.717) is 5.78 Å². The molecule has 0 fully saturated rings. The number of benzene rings is 2. The molecular formula is C23H14OS2. The van der Waals surface area contributed by atoms with Crippen LogP contribution in [-0.2, 0) is 4.79 Å². The van der Waals surface area contributed by atoms with Gasteiger partial charge in [-0.25, -0.2) is 0 Å². The standard InChI is InChI=1S/C23H14OS2/c24-23-21-16-8-6-14(20-4-2-10-26-20)12-18(16)22(23)15-7-5-13(11-17(15)21)19-3-1-9-25-19/h1-12,21-22H/t21-,22-/m0/s1. The molecule has 0 saturated carbocycles. The van der Waals surface area contributed by atoms with Crippen LogP contribution < -0.4 is 0 Å². The summed E-state index contributed by atoms with van der Waals surface area (Å²) in [5, 5.41) is 4.20. The van der Waals surface area contributed by atoms with Crippen LogP contribution >= 0.6 is 22.7 Å². The van der Waals surface area contributed by atoms with Crippen molar-refractivity contribution >= 4 is 28.5 Å². The fourth-order valence-corrected chi connectivity index (χ4v) is 5.93. The zero-order valence-electron chi connectivity index (χ0n) is 13.8. The molecule has 0 aliphatic heterocycles. The molecule has 2 aromatic carbocycles. The number of carbonyl (C=O) groups excluding carboxylic acids is 1. The van der Waals surface area contributed by atoms with E-state index in [-0.39, 0.29) is 11.8 Å². The van der Waals surface area contributed by atoms with Crippen LogP contribution in [0.2, 0.25) is 0 Å². The molecule has 2 aromatic heterocycles. The fourth-order valence-electron chi connectivity index (χ4n) is 4.48. The van der Waals surface area contributed by atoms with Crippen LogP contribution in [0.4, 0.5) is 0 Å². The Morgan fingerprint density at radius 2 is 1.12 bits per heavy atom. The minimum absolute atomic E-state index is 0.0812. The van der Waals surface area contributed by atoms with Gasteiger partial charge in [-0.3, -0.25) is 4.79 Å². The van der Waals surface area contributed by atoms with Gasteiger partial charge in [0.25, 0.3) is 0 Å². The molecule has 1 nitrogen and oxygen atoms in total. The number of hydrogen-bond donors (Lipinski definition) is 0. The molecule has 2 atom stereocenters. The van der Waals surface area contributed by atoms with Gasteiger partial charge in [-0.05, 0) is 68.4 Å². The second-order valence-corrected chi connectivity index (χ2v) is 8.81. The maximum Gasteiger partial charge on any atom is 0.156 e. The van der Waals surface area contributed by atoms with E-state index in [4.69, 9.17) is 0 Å². The van der Waals surface area contributed by atoms with Crippen LogP contribution in [-0.4, -0.2) is 5.78 Å². The summed E-state index contributed by atoms with van der Waals surface area (Å²) < 4.78 is 0. The Bertz CT molecular complexity index is 1060. The molecular weight excluding hydrogens is 356 g/mol. The van der Waals surface area contributed by atoms with Crippen LogP contribution in [0.1, 0.15) is 34.1 Å². The summed E-state index contributed by atoms with van der Waals surface area (Å²) in [4.78, 5) is 15.6. The van der Waals surface area contributed by atoms with E-state index in [1.165, 1.54) is 43.1 Å². The van der Waals surface area contributed by atoms with Gasteiger partial charge in [-0.1, -0.05) is 36.4 Å². The van der Waals surface area contributed by atoms with Crippen LogP contribution in [0.5, 0.6) is 0 Å². The van der Waals surface area contributed by atoms with E-state index in [9.17, 15) is 4.79 Å². The summed E-state index contributed by atoms with van der Waals surface area (Å²) in [6, 6.07) is 21.6. The van der Waals surface area contributed by atoms with Crippen molar-refractivity contribution in [2.75, 3.05) is 0 Å². The average Bonchev–Trinajstić information content (AvgIpc) is 3.44. The zero-order chi connectivity index (χ0) is 17.3. The van der Waals surface area contributed by atoms with E-state index < -0.39 is 0 Å². The van der Waals surface area contributed by atoms with Crippen molar-refractivity contribution in [2.45, 2.75) is 11.8 Å². The van der Waals surface area contributed by atoms with Crippen molar-refractivity contribution < 1.29 is 4.79 Å². The number of carbonyl (C=O) groups is 1. The zero-order valence-corrected chi connectivity index (χ0v) is 15.4. The third-order valence-electron chi connectivity index (χ3n) is 5.60. The van der Waals surface area contributed by atoms with Gasteiger partial charge in [-0.15, -0.1) is 22.7 Å². The number of Topliss-reactive ketones (excluding diaryl/α,β-unsaturated/α-hetero) is 1. The number of rotatable bonds is 2. The maximum atomic E-state index is 13.1. The normalized spacial score (nSPS) is 19.6. The monoisotopic (exact) mass is 370 g/mol. The average molecular weight is 370 g/mol. The summed E-state index contributed by atoms with van der Waals surface area (Å²) in [7, 11) is 0. The molecule has 26 heavy (non-hydrogen) atoms. The first-order chi connectivity index (χ1) is 12.8. The Morgan fingerprint density at radius 1 is 0.615 bits per heavy atom. The van der Waals surface area contributed by atoms with Crippen LogP contribution in [0.15, 0.2) is 71.4 Å². The van der Waals surface area contributed by atoms with E-state index in [1.54, 1.807) is 22.7 Å². The van der Waals surface area contributed by atoms with Crippen molar-refractivity contribution in [3.05, 3.63) is 93.7 Å². The molecule has 2 heterocycles. The summed E-state index contributed by atoms with van der Waals surface area (Å²) in [5.74, 6) is 0.186. The highest BCUT2D eigenvalue weighted by molar-refractivity contribution is 7.13. The lowest BCUT2D eigenvalue weighted by molar-refractivity contribution is -0.118. The Morgan fingerprint density at radius 3 is 1.54 bits per heavy atom. The molecule has 0 N–H and O–H groups in total. The molecule has 4 aromatic rings. The first-order valence-corrected chi connectivity index (χ1v) is 10.5. The van der Waals surface area contributed by atoms with Gasteiger partial charge in [0.15, 0.2) is 5.78 Å². The fraction of sp³-hybridized carbons (Fsp3) is 0.0870. The molecule has 6 rings (SSSR count). The number of fused-ring (bicyclic) bond motifs is 8. The highest BCUT2D eigenvalue weighted by atomic mass is 32.1. The molecule has 2 aliphatic carbocycles. The van der Waals surface area contributed by atoms with Gasteiger partial charge in [0.2, 0.25) is 0 Å². The van der Waals surface area contributed by atoms with Crippen LogP contribution in [0.3, 0.4) is 0 Å². The highest BCUT2D eigenvalue weighted by Crippen LogP contribution is 2.55. The highest BCUT2D eigenvalue weighted by Gasteiger charge is 2.48. The smallest absolute Gasteiger partial charge is 0.156 e. The van der Waals surface area contributed by atoms with E-state index in [1.807, 2.05) is 0 Å². The van der Waals surface area contributed by atoms with E-state index in [0.717, 1.165) is 0 Å². The lowest BCUT2D eigenvalue weighted by Crippen LogP contribution is -2.03. The van der Waals surface area contributed by atoms with Gasteiger partial charge in [0.1, 0.15) is 0 Å². The van der Waals surface area contributed by atoms with E-state index >= 15 is 0 Å². The van der Waals surface area contributed by atoms with E-state index in [2.05, 4.69) is 71.4 Å². The SMILES string of the molecule is O=C1[C@H]2c3ccc(-c4cccs4)cc3[C@@H]1c1ccc(-c3cccs3)cc12. The number of hydrogen-bond acceptors (Lipinski definition) is 3. The molecule has 0 spiro atoms. The lowest BCUT2D eigenvalue weighted by atomic mass is 9.84. The summed E-state index contributed by atoms with van der Waals surface area (Å²) >= 11 is 3.49. The first kappa shape index (κ1) is 14.7. The quantitative estimate of drug-likeness (QED) is 0.404. The summed E-state index contributed by atoms with van der Waals surface area (Å²) in [6.45, 7) is 0. The van der Waals surface area contributed by atoms with Gasteiger partial charge in [0.05, 0.1) is 11.8 Å². The van der Waals surface area contributed by atoms with Gasteiger partial charge >= 0.3 is 0 Å². The Balaban J connectivity index is 1.50. The lowest BCUT2D eigenvalue weighted by Gasteiger charge is -2.19. The predicted molar refractivity (Wildman–Crippen MR) is 108 cm³/mol. The summed E-state index contributed by atoms with van der Waals surface area (Å²) in [5.41, 5.74) is 7.27. The molecule has 0 saturated heterocycles. The Labute approximate surface area is 159 Å². The van der Waals surface area contributed by atoms with Crippen molar-refractivity contribution in [3.63, 3.8) is 0 Å². The third kappa shape index (κ3) is 1.87. The maximum absolute atomic E-state index is 13.1. The topological polar surface area (TPSA) is 17.1 Å². The minimum Gasteiger partial charge on any atom is -0.298 e.